The van der Waals surface area contributed by atoms with Crippen LogP contribution in [0.25, 0.3) is 10.9 Å². The van der Waals surface area contributed by atoms with E-state index < -0.39 is 0 Å². The molecule has 2 saturated carbocycles. The molecule has 0 radical (unpaired) electrons. The van der Waals surface area contributed by atoms with Crippen molar-refractivity contribution in [2.75, 3.05) is 30.6 Å². The maximum atomic E-state index is 12.8. The standard InChI is InChI=1S/C25H30N6OS/c1-31(2)21-17-7-4-5-9-19(17)28-24(30-21)27-16-10-12-25(13-11-16)15-20(25)29-22(32)18-8-6-14-26-23(18)33-3/h4-9,14,16,20H,10-13,15H2,1-3H3,(H,29,32)(H,27,28,30)/t16?,20-,25?/m1/s1. The van der Waals surface area contributed by atoms with Gasteiger partial charge in [0.05, 0.1) is 11.1 Å². The maximum absolute atomic E-state index is 12.8. The molecule has 2 aliphatic rings. The summed E-state index contributed by atoms with van der Waals surface area (Å²) < 4.78 is 0. The molecule has 33 heavy (non-hydrogen) atoms. The number of thioether (sulfide) groups is 1. The van der Waals surface area contributed by atoms with Crippen LogP contribution in [0.4, 0.5) is 11.8 Å². The van der Waals surface area contributed by atoms with Crippen molar-refractivity contribution < 1.29 is 4.79 Å². The first kappa shape index (κ1) is 21.9. The molecule has 2 N–H and O–H groups in total. The van der Waals surface area contributed by atoms with E-state index in [2.05, 4.69) is 21.7 Å². The lowest BCUT2D eigenvalue weighted by Gasteiger charge is -2.30. The molecule has 0 bridgehead atoms. The first-order valence-corrected chi connectivity index (χ1v) is 12.7. The SMILES string of the molecule is CSc1ncccc1C(=O)N[C@@H]1CC12CCC(Nc1nc(N(C)C)c3ccccc3n1)CC2. The van der Waals surface area contributed by atoms with Crippen LogP contribution >= 0.6 is 11.8 Å². The van der Waals surface area contributed by atoms with Crippen molar-refractivity contribution in [1.82, 2.24) is 20.3 Å². The minimum absolute atomic E-state index is 0.00430. The normalized spacial score (nSPS) is 24.0. The highest BCUT2D eigenvalue weighted by molar-refractivity contribution is 7.98. The highest BCUT2D eigenvalue weighted by Gasteiger charge is 2.55. The number of carbonyl (C=O) groups is 1. The second-order valence-electron chi connectivity index (χ2n) is 9.35. The Morgan fingerprint density at radius 1 is 1.12 bits per heavy atom. The van der Waals surface area contributed by atoms with E-state index in [1.54, 1.807) is 6.20 Å². The van der Waals surface area contributed by atoms with Gasteiger partial charge in [-0.2, -0.15) is 4.98 Å². The van der Waals surface area contributed by atoms with Gasteiger partial charge >= 0.3 is 0 Å². The highest BCUT2D eigenvalue weighted by atomic mass is 32.2. The van der Waals surface area contributed by atoms with Gasteiger partial charge in [0, 0.05) is 37.8 Å². The van der Waals surface area contributed by atoms with Gasteiger partial charge in [0.15, 0.2) is 0 Å². The maximum Gasteiger partial charge on any atom is 0.254 e. The van der Waals surface area contributed by atoms with Crippen molar-refractivity contribution >= 4 is 40.3 Å². The van der Waals surface area contributed by atoms with Crippen molar-refractivity contribution in [3.05, 3.63) is 48.2 Å². The third kappa shape index (κ3) is 4.36. The number of para-hydroxylation sites is 1. The molecule has 8 heteroatoms. The van der Waals surface area contributed by atoms with E-state index in [1.807, 2.05) is 55.6 Å². The number of benzene rings is 1. The lowest BCUT2D eigenvalue weighted by molar-refractivity contribution is 0.0938. The quantitative estimate of drug-likeness (QED) is 0.527. The molecule has 0 unspecified atom stereocenters. The van der Waals surface area contributed by atoms with E-state index in [0.717, 1.165) is 53.9 Å². The summed E-state index contributed by atoms with van der Waals surface area (Å²) in [5, 5.41) is 8.69. The first-order chi connectivity index (χ1) is 16.0. The Balaban J connectivity index is 1.21. The van der Waals surface area contributed by atoms with Crippen LogP contribution in [0, 0.1) is 5.41 Å². The number of anilines is 2. The fourth-order valence-corrected chi connectivity index (χ4v) is 5.60. The smallest absolute Gasteiger partial charge is 0.254 e. The molecule has 3 aromatic rings. The van der Waals surface area contributed by atoms with E-state index in [1.165, 1.54) is 11.8 Å². The van der Waals surface area contributed by atoms with Gasteiger partial charge in [-0.1, -0.05) is 12.1 Å². The molecule has 5 rings (SSSR count). The molecule has 2 heterocycles. The first-order valence-electron chi connectivity index (χ1n) is 11.5. The van der Waals surface area contributed by atoms with Gasteiger partial charge in [0.25, 0.3) is 5.91 Å². The zero-order chi connectivity index (χ0) is 23.0. The Bertz CT molecular complexity index is 1170. The van der Waals surface area contributed by atoms with E-state index in [0.29, 0.717) is 17.6 Å². The van der Waals surface area contributed by atoms with Crippen molar-refractivity contribution in [3.8, 4) is 0 Å². The molecule has 172 valence electrons. The van der Waals surface area contributed by atoms with E-state index in [9.17, 15) is 4.79 Å². The lowest BCUT2D eigenvalue weighted by atomic mass is 9.83. The number of pyridine rings is 1. The Kier molecular flexibility index (Phi) is 5.86. The number of hydrogen-bond donors (Lipinski definition) is 2. The zero-order valence-electron chi connectivity index (χ0n) is 19.3. The highest BCUT2D eigenvalue weighted by Crippen LogP contribution is 2.56. The Morgan fingerprint density at radius 2 is 1.91 bits per heavy atom. The fourth-order valence-electron chi connectivity index (χ4n) is 5.05. The number of carbonyl (C=O) groups excluding carboxylic acids is 1. The average molecular weight is 463 g/mol. The largest absolute Gasteiger partial charge is 0.362 e. The summed E-state index contributed by atoms with van der Waals surface area (Å²) in [6, 6.07) is 12.4. The minimum Gasteiger partial charge on any atom is -0.362 e. The molecule has 1 atom stereocenters. The Hall–Kier alpha value is -2.87. The number of rotatable bonds is 6. The number of hydrogen-bond acceptors (Lipinski definition) is 7. The summed E-state index contributed by atoms with van der Waals surface area (Å²) in [6.07, 6.45) is 9.07. The molecule has 2 aliphatic carbocycles. The molecule has 0 aliphatic heterocycles. The van der Waals surface area contributed by atoms with Gasteiger partial charge in [-0.15, -0.1) is 11.8 Å². The molecule has 2 fully saturated rings. The molecule has 1 spiro atoms. The minimum atomic E-state index is -0.00430. The van der Waals surface area contributed by atoms with Gasteiger partial charge in [0.1, 0.15) is 10.8 Å². The third-order valence-corrected chi connectivity index (χ3v) is 7.74. The van der Waals surface area contributed by atoms with Gasteiger partial charge in [-0.05, 0) is 68.0 Å². The summed E-state index contributed by atoms with van der Waals surface area (Å²) in [6.45, 7) is 0. The van der Waals surface area contributed by atoms with Crippen molar-refractivity contribution in [1.29, 1.82) is 0 Å². The monoisotopic (exact) mass is 462 g/mol. The molecule has 2 aromatic heterocycles. The van der Waals surface area contributed by atoms with Crippen LogP contribution in [-0.2, 0) is 0 Å². The number of nitrogens with zero attached hydrogens (tertiary/aromatic N) is 4. The van der Waals surface area contributed by atoms with Crippen molar-refractivity contribution in [2.45, 2.75) is 49.2 Å². The van der Waals surface area contributed by atoms with Gasteiger partial charge in [-0.3, -0.25) is 4.79 Å². The summed E-state index contributed by atoms with van der Waals surface area (Å²) in [5.74, 6) is 1.62. The van der Waals surface area contributed by atoms with E-state index >= 15 is 0 Å². The fraction of sp³-hybridized carbons (Fsp3) is 0.440. The summed E-state index contributed by atoms with van der Waals surface area (Å²) >= 11 is 1.51. The van der Waals surface area contributed by atoms with E-state index in [4.69, 9.17) is 9.97 Å². The molecular formula is C25H30N6OS. The second kappa shape index (κ2) is 8.82. The topological polar surface area (TPSA) is 83.0 Å². The number of amides is 1. The lowest BCUT2D eigenvalue weighted by Crippen LogP contribution is -2.34. The van der Waals surface area contributed by atoms with E-state index in [-0.39, 0.29) is 17.4 Å². The average Bonchev–Trinajstić information content (AvgIpc) is 3.50. The van der Waals surface area contributed by atoms with Crippen LogP contribution in [0.2, 0.25) is 0 Å². The molecular weight excluding hydrogens is 432 g/mol. The number of fused-ring (bicyclic) bond motifs is 1. The van der Waals surface area contributed by atoms with Crippen LogP contribution in [0.15, 0.2) is 47.6 Å². The molecule has 1 aromatic carbocycles. The van der Waals surface area contributed by atoms with Crippen LogP contribution in [0.1, 0.15) is 42.5 Å². The number of nitrogens with one attached hydrogen (secondary N) is 2. The summed E-state index contributed by atoms with van der Waals surface area (Å²) in [4.78, 5) is 28.7. The zero-order valence-corrected chi connectivity index (χ0v) is 20.2. The van der Waals surface area contributed by atoms with Gasteiger partial charge < -0.3 is 15.5 Å². The second-order valence-corrected chi connectivity index (χ2v) is 10.1. The van der Waals surface area contributed by atoms with Crippen molar-refractivity contribution in [2.24, 2.45) is 5.41 Å². The van der Waals surface area contributed by atoms with Crippen LogP contribution in [0.3, 0.4) is 0 Å². The van der Waals surface area contributed by atoms with Gasteiger partial charge in [0.2, 0.25) is 5.95 Å². The summed E-state index contributed by atoms with van der Waals surface area (Å²) in [7, 11) is 4.02. The number of aromatic nitrogens is 3. The predicted octanol–water partition coefficient (Wildman–Crippen LogP) is 4.36. The van der Waals surface area contributed by atoms with Crippen LogP contribution in [-0.4, -0.2) is 53.3 Å². The molecule has 0 saturated heterocycles. The Labute approximate surface area is 198 Å². The third-order valence-electron chi connectivity index (χ3n) is 7.03. The molecule has 7 nitrogen and oxygen atoms in total. The van der Waals surface area contributed by atoms with Crippen LogP contribution < -0.4 is 15.5 Å². The van der Waals surface area contributed by atoms with Crippen LogP contribution in [0.5, 0.6) is 0 Å². The van der Waals surface area contributed by atoms with Crippen molar-refractivity contribution in [3.63, 3.8) is 0 Å². The molecule has 1 amide bonds. The summed E-state index contributed by atoms with van der Waals surface area (Å²) in [5.41, 5.74) is 1.87. The van der Waals surface area contributed by atoms with Gasteiger partial charge in [-0.25, -0.2) is 9.97 Å². The Morgan fingerprint density at radius 3 is 2.67 bits per heavy atom. The predicted molar refractivity (Wildman–Crippen MR) is 134 cm³/mol.